The second kappa shape index (κ2) is 6.94. The van der Waals surface area contributed by atoms with Gasteiger partial charge in [-0.1, -0.05) is 54.6 Å². The molecule has 0 aliphatic rings. The lowest BCUT2D eigenvalue weighted by atomic mass is 9.85. The van der Waals surface area contributed by atoms with Gasteiger partial charge in [-0.15, -0.1) is 0 Å². The standard InChI is InChI=1S/C22H19N3O/c26-22(16-25-15-14-24-17-25,20-4-2-1-3-5-20)21-8-6-18(7-9-21)19-10-12-23-13-11-19/h1-15,17,26H,16H2. The molecule has 26 heavy (non-hydrogen) atoms. The van der Waals surface area contributed by atoms with Crippen LogP contribution in [0.3, 0.4) is 0 Å². The summed E-state index contributed by atoms with van der Waals surface area (Å²) in [6, 6.07) is 21.7. The van der Waals surface area contributed by atoms with Crippen LogP contribution in [0.15, 0.2) is 97.8 Å². The highest BCUT2D eigenvalue weighted by Gasteiger charge is 2.32. The Labute approximate surface area is 152 Å². The van der Waals surface area contributed by atoms with Gasteiger partial charge in [0.15, 0.2) is 0 Å². The molecule has 2 aromatic carbocycles. The SMILES string of the molecule is OC(Cn1ccnc1)(c1ccccc1)c1ccc(-c2ccncc2)cc1. The molecule has 0 saturated heterocycles. The van der Waals surface area contributed by atoms with Crippen molar-refractivity contribution in [1.29, 1.82) is 0 Å². The number of rotatable bonds is 5. The maximum atomic E-state index is 11.6. The predicted molar refractivity (Wildman–Crippen MR) is 101 cm³/mol. The van der Waals surface area contributed by atoms with Gasteiger partial charge in [0.25, 0.3) is 0 Å². The molecular weight excluding hydrogens is 322 g/mol. The third-order valence-corrected chi connectivity index (χ3v) is 4.60. The molecule has 0 radical (unpaired) electrons. The van der Waals surface area contributed by atoms with Gasteiger partial charge >= 0.3 is 0 Å². The lowest BCUT2D eigenvalue weighted by Crippen LogP contribution is -2.32. The van der Waals surface area contributed by atoms with Crippen molar-refractivity contribution in [2.24, 2.45) is 0 Å². The fourth-order valence-electron chi connectivity index (χ4n) is 3.19. The van der Waals surface area contributed by atoms with Crippen LogP contribution in [-0.4, -0.2) is 19.6 Å². The van der Waals surface area contributed by atoms with E-state index in [1.165, 1.54) is 0 Å². The molecule has 0 saturated carbocycles. The first-order chi connectivity index (χ1) is 12.8. The van der Waals surface area contributed by atoms with Crippen LogP contribution in [-0.2, 0) is 12.1 Å². The highest BCUT2D eigenvalue weighted by atomic mass is 16.3. The van der Waals surface area contributed by atoms with E-state index in [2.05, 4.69) is 9.97 Å². The molecule has 0 aliphatic carbocycles. The Morgan fingerprint density at radius 1 is 0.731 bits per heavy atom. The maximum Gasteiger partial charge on any atom is 0.132 e. The molecule has 2 aromatic heterocycles. The van der Waals surface area contributed by atoms with E-state index in [9.17, 15) is 5.11 Å². The van der Waals surface area contributed by atoms with Gasteiger partial charge in [-0.05, 0) is 34.4 Å². The normalized spacial score (nSPS) is 13.3. The number of aromatic nitrogens is 3. The van der Waals surface area contributed by atoms with Crippen LogP contribution in [0.2, 0.25) is 0 Å². The third kappa shape index (κ3) is 3.15. The fourth-order valence-corrected chi connectivity index (χ4v) is 3.19. The van der Waals surface area contributed by atoms with Crippen molar-refractivity contribution in [1.82, 2.24) is 14.5 Å². The molecule has 4 aromatic rings. The van der Waals surface area contributed by atoms with E-state index in [1.54, 1.807) is 24.9 Å². The molecule has 1 N–H and O–H groups in total. The number of hydrogen-bond donors (Lipinski definition) is 1. The summed E-state index contributed by atoms with van der Waals surface area (Å²) in [6.45, 7) is 0.394. The summed E-state index contributed by atoms with van der Waals surface area (Å²) >= 11 is 0. The highest BCUT2D eigenvalue weighted by Crippen LogP contribution is 2.32. The van der Waals surface area contributed by atoms with E-state index in [-0.39, 0.29) is 0 Å². The van der Waals surface area contributed by atoms with Crippen molar-refractivity contribution in [3.63, 3.8) is 0 Å². The van der Waals surface area contributed by atoms with E-state index < -0.39 is 5.60 Å². The number of nitrogens with zero attached hydrogens (tertiary/aromatic N) is 3. The lowest BCUT2D eigenvalue weighted by Gasteiger charge is -2.30. The highest BCUT2D eigenvalue weighted by molar-refractivity contribution is 5.63. The Morgan fingerprint density at radius 3 is 2.04 bits per heavy atom. The van der Waals surface area contributed by atoms with Crippen molar-refractivity contribution in [2.75, 3.05) is 0 Å². The minimum atomic E-state index is -1.14. The van der Waals surface area contributed by atoms with Crippen LogP contribution in [0.5, 0.6) is 0 Å². The first kappa shape index (κ1) is 16.2. The lowest BCUT2D eigenvalue weighted by molar-refractivity contribution is 0.0612. The van der Waals surface area contributed by atoms with E-state index in [4.69, 9.17) is 0 Å². The number of pyridine rings is 1. The first-order valence-corrected chi connectivity index (χ1v) is 8.50. The average molecular weight is 341 g/mol. The van der Waals surface area contributed by atoms with Gasteiger partial charge in [-0.2, -0.15) is 0 Å². The molecule has 0 bridgehead atoms. The molecule has 0 spiro atoms. The van der Waals surface area contributed by atoms with E-state index in [0.29, 0.717) is 6.54 Å². The molecule has 2 heterocycles. The number of imidazole rings is 1. The van der Waals surface area contributed by atoms with Crippen LogP contribution in [0, 0.1) is 0 Å². The van der Waals surface area contributed by atoms with Gasteiger partial charge in [0.1, 0.15) is 5.60 Å². The molecule has 0 fully saturated rings. The van der Waals surface area contributed by atoms with Crippen LogP contribution in [0.25, 0.3) is 11.1 Å². The zero-order valence-electron chi connectivity index (χ0n) is 14.2. The summed E-state index contributed by atoms with van der Waals surface area (Å²) < 4.78 is 1.89. The van der Waals surface area contributed by atoms with E-state index >= 15 is 0 Å². The van der Waals surface area contributed by atoms with Crippen molar-refractivity contribution in [3.8, 4) is 11.1 Å². The summed E-state index contributed by atoms with van der Waals surface area (Å²) in [7, 11) is 0. The van der Waals surface area contributed by atoms with Crippen molar-refractivity contribution >= 4 is 0 Å². The smallest absolute Gasteiger partial charge is 0.132 e. The monoisotopic (exact) mass is 341 g/mol. The fraction of sp³-hybridized carbons (Fsp3) is 0.0909. The topological polar surface area (TPSA) is 50.9 Å². The third-order valence-electron chi connectivity index (χ3n) is 4.60. The van der Waals surface area contributed by atoms with Crippen LogP contribution in [0.4, 0.5) is 0 Å². The zero-order valence-corrected chi connectivity index (χ0v) is 14.2. The van der Waals surface area contributed by atoms with Crippen molar-refractivity contribution < 1.29 is 5.11 Å². The second-order valence-electron chi connectivity index (χ2n) is 6.27. The van der Waals surface area contributed by atoms with E-state index in [0.717, 1.165) is 22.3 Å². The Kier molecular flexibility index (Phi) is 4.33. The Balaban J connectivity index is 1.74. The number of hydrogen-bond acceptors (Lipinski definition) is 3. The van der Waals surface area contributed by atoms with Gasteiger partial charge in [0.05, 0.1) is 12.9 Å². The summed E-state index contributed by atoms with van der Waals surface area (Å²) in [6.07, 6.45) is 8.86. The van der Waals surface area contributed by atoms with Gasteiger partial charge in [0.2, 0.25) is 0 Å². The molecule has 4 rings (SSSR count). The van der Waals surface area contributed by atoms with Gasteiger partial charge in [-0.25, -0.2) is 4.98 Å². The second-order valence-corrected chi connectivity index (χ2v) is 6.27. The molecular formula is C22H19N3O. The van der Waals surface area contributed by atoms with Crippen molar-refractivity contribution in [3.05, 3.63) is 109 Å². The van der Waals surface area contributed by atoms with Crippen molar-refractivity contribution in [2.45, 2.75) is 12.1 Å². The number of benzene rings is 2. The summed E-state index contributed by atoms with van der Waals surface area (Å²) in [5, 5.41) is 11.6. The Hall–Kier alpha value is -3.24. The molecule has 4 heteroatoms. The molecule has 1 unspecified atom stereocenters. The van der Waals surface area contributed by atoms with Crippen LogP contribution in [0.1, 0.15) is 11.1 Å². The minimum absolute atomic E-state index is 0.394. The molecule has 0 aliphatic heterocycles. The minimum Gasteiger partial charge on any atom is -0.378 e. The van der Waals surface area contributed by atoms with Gasteiger partial charge in [-0.3, -0.25) is 4.98 Å². The largest absolute Gasteiger partial charge is 0.378 e. The van der Waals surface area contributed by atoms with E-state index in [1.807, 2.05) is 77.5 Å². The first-order valence-electron chi connectivity index (χ1n) is 8.50. The summed E-state index contributed by atoms with van der Waals surface area (Å²) in [5.74, 6) is 0. The van der Waals surface area contributed by atoms with Crippen LogP contribution < -0.4 is 0 Å². The molecule has 1 atom stereocenters. The Morgan fingerprint density at radius 2 is 1.38 bits per heavy atom. The molecule has 0 amide bonds. The zero-order chi connectivity index (χ0) is 17.8. The quantitative estimate of drug-likeness (QED) is 0.599. The molecule has 4 nitrogen and oxygen atoms in total. The molecule has 128 valence electrons. The van der Waals surface area contributed by atoms with Gasteiger partial charge in [0, 0.05) is 24.8 Å². The predicted octanol–water partition coefficient (Wildman–Crippen LogP) is 3.88. The number of aliphatic hydroxyl groups is 1. The maximum absolute atomic E-state index is 11.6. The van der Waals surface area contributed by atoms with Gasteiger partial charge < -0.3 is 9.67 Å². The summed E-state index contributed by atoms with van der Waals surface area (Å²) in [5.41, 5.74) is 2.75. The average Bonchev–Trinajstić information content (AvgIpc) is 3.22. The Bertz CT molecular complexity index is 951. The summed E-state index contributed by atoms with van der Waals surface area (Å²) in [4.78, 5) is 8.15. The van der Waals surface area contributed by atoms with Crippen LogP contribution >= 0.6 is 0 Å².